The smallest absolute Gasteiger partial charge is 0.406 e. The van der Waals surface area contributed by atoms with E-state index in [-0.39, 0.29) is 1.43 Å². The van der Waals surface area contributed by atoms with Crippen LogP contribution in [-0.2, 0) is 21.1 Å². The highest BCUT2D eigenvalue weighted by Crippen LogP contribution is 2.26. The van der Waals surface area contributed by atoms with E-state index in [9.17, 15) is 13.2 Å². The zero-order valence-electron chi connectivity index (χ0n) is 20.0. The lowest BCUT2D eigenvalue weighted by Crippen LogP contribution is -2.46. The van der Waals surface area contributed by atoms with Gasteiger partial charge in [-0.1, -0.05) is 54.6 Å². The molecule has 0 bridgehead atoms. The molecule has 0 radical (unpaired) electrons. The summed E-state index contributed by atoms with van der Waals surface area (Å²) in [5, 5.41) is 0. The molecule has 9 nitrogen and oxygen atoms in total. The minimum absolute atomic E-state index is 0. The van der Waals surface area contributed by atoms with Gasteiger partial charge in [0.2, 0.25) is 0 Å². The summed E-state index contributed by atoms with van der Waals surface area (Å²) in [6.45, 7) is 4.71. The summed E-state index contributed by atoms with van der Waals surface area (Å²) >= 11 is 0. The summed E-state index contributed by atoms with van der Waals surface area (Å²) in [6, 6.07) is 14.7. The first kappa shape index (κ1) is 25.6. The van der Waals surface area contributed by atoms with Crippen molar-refractivity contribution in [2.24, 2.45) is 0 Å². The normalized spacial score (nSPS) is 16.4. The summed E-state index contributed by atoms with van der Waals surface area (Å²) in [4.78, 5) is 19.1. The Labute approximate surface area is 211 Å². The van der Waals surface area contributed by atoms with Gasteiger partial charge in [0, 0.05) is 34.2 Å². The van der Waals surface area contributed by atoms with E-state index in [1.165, 1.54) is 16.7 Å². The van der Waals surface area contributed by atoms with Gasteiger partial charge in [0.05, 0.1) is 18.3 Å². The number of nitrogens with zero attached hydrogens (tertiary/aromatic N) is 2. The number of benzene rings is 2. The lowest BCUT2D eigenvalue weighted by atomic mass is 10.0. The number of allylic oxidation sites excluding steroid dienone is 6. The van der Waals surface area contributed by atoms with Crippen molar-refractivity contribution in [1.82, 2.24) is 9.88 Å². The molecule has 2 aromatic carbocycles. The molecule has 0 saturated carbocycles. The molecule has 192 valence electrons. The Kier molecular flexibility index (Phi) is 8.21. The van der Waals surface area contributed by atoms with Crippen LogP contribution in [0.5, 0.6) is 0 Å². The standard InChI is InChI=1S/C25H25N3O2.CH4O4S.H2/c29-25-26-22-11-6-12-23(24(22)30-25)28-15-13-27(14-16-28)18-19-7-5-10-21(17-19)20-8-3-1-2-4-9-20;1-5-6(2,3)4;/h1,3-12,17H,2,13-16,18H2,(H,26,29);1H3,(H,2,3,4);1H. The molecule has 0 atom stereocenters. The molecular weight excluding hydrogens is 482 g/mol. The van der Waals surface area contributed by atoms with Gasteiger partial charge < -0.3 is 9.32 Å². The van der Waals surface area contributed by atoms with Gasteiger partial charge in [-0.2, -0.15) is 8.42 Å². The number of aromatic amines is 1. The third kappa shape index (κ3) is 6.82. The minimum Gasteiger partial charge on any atom is -0.406 e. The largest absolute Gasteiger partial charge is 0.417 e. The van der Waals surface area contributed by atoms with E-state index in [0.29, 0.717) is 5.58 Å². The zero-order chi connectivity index (χ0) is 25.5. The Hall–Kier alpha value is -3.44. The van der Waals surface area contributed by atoms with E-state index in [0.717, 1.165) is 57.5 Å². The highest BCUT2D eigenvalue weighted by molar-refractivity contribution is 7.80. The van der Waals surface area contributed by atoms with Crippen LogP contribution in [0.15, 0.2) is 82.1 Å². The maximum atomic E-state index is 11.6. The van der Waals surface area contributed by atoms with Crippen LogP contribution in [0.25, 0.3) is 16.7 Å². The van der Waals surface area contributed by atoms with Crippen molar-refractivity contribution >= 4 is 32.8 Å². The maximum Gasteiger partial charge on any atom is 0.417 e. The van der Waals surface area contributed by atoms with Crippen LogP contribution in [0.3, 0.4) is 0 Å². The van der Waals surface area contributed by atoms with E-state index in [4.69, 9.17) is 8.97 Å². The number of fused-ring (bicyclic) bond motifs is 1. The third-order valence-electron chi connectivity index (χ3n) is 6.00. The van der Waals surface area contributed by atoms with E-state index in [2.05, 4.69) is 73.6 Å². The lowest BCUT2D eigenvalue weighted by Gasteiger charge is -2.36. The molecule has 2 aliphatic rings. The molecule has 10 heteroatoms. The average molecular weight is 514 g/mol. The second-order valence-corrected chi connectivity index (χ2v) is 9.60. The van der Waals surface area contributed by atoms with Crippen LogP contribution < -0.4 is 10.7 Å². The number of nitrogens with one attached hydrogen (secondary N) is 1. The van der Waals surface area contributed by atoms with Crippen LogP contribution in [0.1, 0.15) is 19.0 Å². The Morgan fingerprint density at radius 1 is 1.11 bits per heavy atom. The van der Waals surface area contributed by atoms with E-state index < -0.39 is 16.2 Å². The Morgan fingerprint density at radius 3 is 2.61 bits per heavy atom. The third-order valence-corrected chi connectivity index (χ3v) is 6.42. The molecule has 2 N–H and O–H groups in total. The molecule has 0 amide bonds. The van der Waals surface area contributed by atoms with Gasteiger partial charge in [-0.3, -0.25) is 18.6 Å². The van der Waals surface area contributed by atoms with E-state index >= 15 is 0 Å². The predicted molar refractivity (Wildman–Crippen MR) is 142 cm³/mol. The molecule has 5 rings (SSSR count). The molecule has 1 fully saturated rings. The quantitative estimate of drug-likeness (QED) is 0.492. The van der Waals surface area contributed by atoms with Crippen molar-refractivity contribution in [2.75, 3.05) is 38.2 Å². The van der Waals surface area contributed by atoms with Crippen molar-refractivity contribution in [3.05, 3.63) is 94.5 Å². The number of H-pyrrole nitrogens is 1. The minimum atomic E-state index is -4.16. The van der Waals surface area contributed by atoms with Gasteiger partial charge in [0.1, 0.15) is 0 Å². The van der Waals surface area contributed by atoms with Crippen molar-refractivity contribution in [2.45, 2.75) is 13.0 Å². The Bertz CT molecular complexity index is 1450. The monoisotopic (exact) mass is 513 g/mol. The first-order chi connectivity index (χ1) is 17.3. The molecule has 1 aromatic heterocycles. The molecule has 0 unspecified atom stereocenters. The van der Waals surface area contributed by atoms with Crippen LogP contribution in [0.4, 0.5) is 5.69 Å². The van der Waals surface area contributed by atoms with Crippen molar-refractivity contribution in [1.29, 1.82) is 0 Å². The second-order valence-electron chi connectivity index (χ2n) is 8.41. The fourth-order valence-electron chi connectivity index (χ4n) is 4.23. The van der Waals surface area contributed by atoms with E-state index in [1.807, 2.05) is 18.2 Å². The van der Waals surface area contributed by atoms with Crippen molar-refractivity contribution in [3.63, 3.8) is 0 Å². The van der Waals surface area contributed by atoms with Gasteiger partial charge in [-0.05, 0) is 41.3 Å². The molecule has 1 aliphatic carbocycles. The van der Waals surface area contributed by atoms with Crippen molar-refractivity contribution < 1.29 is 23.0 Å². The van der Waals surface area contributed by atoms with Crippen LogP contribution >= 0.6 is 0 Å². The summed E-state index contributed by atoms with van der Waals surface area (Å²) in [7, 11) is -3.29. The maximum absolute atomic E-state index is 11.6. The average Bonchev–Trinajstić information content (AvgIpc) is 3.06. The number of rotatable bonds is 5. The fraction of sp³-hybridized carbons (Fsp3) is 0.269. The number of aromatic nitrogens is 1. The molecule has 3 aromatic rings. The first-order valence-electron chi connectivity index (χ1n) is 11.6. The summed E-state index contributed by atoms with van der Waals surface area (Å²) in [5.74, 6) is -0.398. The van der Waals surface area contributed by atoms with Crippen molar-refractivity contribution in [3.8, 4) is 0 Å². The summed E-state index contributed by atoms with van der Waals surface area (Å²) in [6.07, 6.45) is 11.9. The zero-order valence-corrected chi connectivity index (χ0v) is 20.8. The molecule has 1 aliphatic heterocycles. The van der Waals surface area contributed by atoms with Gasteiger partial charge in [-0.15, -0.1) is 0 Å². The first-order valence-corrected chi connectivity index (χ1v) is 12.9. The van der Waals surface area contributed by atoms with Crippen LogP contribution in [0.2, 0.25) is 0 Å². The lowest BCUT2D eigenvalue weighted by molar-refractivity contribution is 0.250. The molecular formula is C26H31N3O6S. The highest BCUT2D eigenvalue weighted by atomic mass is 32.3. The Balaban J connectivity index is 0.000000489. The van der Waals surface area contributed by atoms with Gasteiger partial charge in [0.25, 0.3) is 0 Å². The summed E-state index contributed by atoms with van der Waals surface area (Å²) in [5.41, 5.74) is 6.27. The number of hydrogen-bond donors (Lipinski definition) is 2. The summed E-state index contributed by atoms with van der Waals surface area (Å²) < 4.78 is 35.1. The number of oxazole rings is 1. The van der Waals surface area contributed by atoms with E-state index in [1.54, 1.807) is 0 Å². The van der Waals surface area contributed by atoms with Gasteiger partial charge >= 0.3 is 16.2 Å². The molecule has 2 heterocycles. The second kappa shape index (κ2) is 11.5. The number of para-hydroxylation sites is 1. The topological polar surface area (TPSA) is 116 Å². The molecule has 36 heavy (non-hydrogen) atoms. The Morgan fingerprint density at radius 2 is 1.86 bits per heavy atom. The van der Waals surface area contributed by atoms with Crippen LogP contribution in [-0.4, -0.2) is 56.1 Å². The predicted octanol–water partition coefficient (Wildman–Crippen LogP) is 4.02. The number of hydrogen-bond acceptors (Lipinski definition) is 7. The molecule has 0 spiro atoms. The highest BCUT2D eigenvalue weighted by Gasteiger charge is 2.20. The number of anilines is 1. The van der Waals surface area contributed by atoms with Gasteiger partial charge in [-0.25, -0.2) is 4.79 Å². The number of piperazine rings is 1. The fourth-order valence-corrected chi connectivity index (χ4v) is 4.23. The van der Waals surface area contributed by atoms with Gasteiger partial charge in [0.15, 0.2) is 5.58 Å². The SMILES string of the molecule is COS(=O)(=O)O.O=c1[nH]c2cccc(N3CCN(Cc4cccc(C5=CC=CCC=C5)c4)CC3)c2o1.[HH]. The van der Waals surface area contributed by atoms with Crippen LogP contribution in [0, 0.1) is 0 Å². The molecule has 1 saturated heterocycles.